The summed E-state index contributed by atoms with van der Waals surface area (Å²) in [7, 11) is 0. The number of morpholine rings is 1. The first-order valence-electron chi connectivity index (χ1n) is 6.99. The summed E-state index contributed by atoms with van der Waals surface area (Å²) in [6.07, 6.45) is 1.85. The highest BCUT2D eigenvalue weighted by Gasteiger charge is 2.28. The lowest BCUT2D eigenvalue weighted by atomic mass is 10.1. The standard InChI is InChI=1S/C16H20N2O2/c1-16(2)11-17-9-12(20-16)10-19-15-7-8-18-14-6-4-3-5-13(14)15/h3-8,12,17H,9-11H2,1-2H3. The summed E-state index contributed by atoms with van der Waals surface area (Å²) in [5.41, 5.74) is 0.820. The van der Waals surface area contributed by atoms with Crippen molar-refractivity contribution < 1.29 is 9.47 Å². The number of fused-ring (bicyclic) bond motifs is 1. The van der Waals surface area contributed by atoms with E-state index in [0.717, 1.165) is 29.7 Å². The summed E-state index contributed by atoms with van der Waals surface area (Å²) < 4.78 is 12.0. The van der Waals surface area contributed by atoms with Gasteiger partial charge in [-0.15, -0.1) is 0 Å². The molecule has 3 rings (SSSR count). The molecular formula is C16H20N2O2. The second-order valence-electron chi connectivity index (χ2n) is 5.77. The van der Waals surface area contributed by atoms with Crippen LogP contribution in [0.2, 0.25) is 0 Å². The van der Waals surface area contributed by atoms with Gasteiger partial charge in [-0.2, -0.15) is 0 Å². The average molecular weight is 272 g/mol. The lowest BCUT2D eigenvalue weighted by Crippen LogP contribution is -2.52. The summed E-state index contributed by atoms with van der Waals surface area (Å²) >= 11 is 0. The van der Waals surface area contributed by atoms with Crippen molar-refractivity contribution in [3.8, 4) is 5.75 Å². The van der Waals surface area contributed by atoms with Crippen LogP contribution in [0.3, 0.4) is 0 Å². The second-order valence-corrected chi connectivity index (χ2v) is 5.77. The van der Waals surface area contributed by atoms with Crippen LogP contribution in [0.5, 0.6) is 5.75 Å². The number of para-hydroxylation sites is 1. The molecule has 1 aliphatic heterocycles. The Morgan fingerprint density at radius 1 is 1.35 bits per heavy atom. The molecule has 1 aromatic heterocycles. The van der Waals surface area contributed by atoms with E-state index in [9.17, 15) is 0 Å². The maximum absolute atomic E-state index is 6.00. The van der Waals surface area contributed by atoms with E-state index >= 15 is 0 Å². The van der Waals surface area contributed by atoms with E-state index in [1.54, 1.807) is 6.20 Å². The van der Waals surface area contributed by atoms with Crippen LogP contribution in [0, 0.1) is 0 Å². The molecule has 1 fully saturated rings. The number of nitrogens with one attached hydrogen (secondary N) is 1. The van der Waals surface area contributed by atoms with Crippen molar-refractivity contribution in [2.45, 2.75) is 25.6 Å². The van der Waals surface area contributed by atoms with E-state index in [-0.39, 0.29) is 11.7 Å². The minimum atomic E-state index is -0.132. The van der Waals surface area contributed by atoms with Crippen molar-refractivity contribution in [2.24, 2.45) is 0 Å². The normalized spacial score (nSPS) is 21.8. The van der Waals surface area contributed by atoms with E-state index in [2.05, 4.69) is 24.1 Å². The van der Waals surface area contributed by atoms with Crippen molar-refractivity contribution in [1.29, 1.82) is 0 Å². The topological polar surface area (TPSA) is 43.4 Å². The fourth-order valence-electron chi connectivity index (χ4n) is 2.54. The third kappa shape index (κ3) is 2.92. The zero-order valence-electron chi connectivity index (χ0n) is 11.9. The van der Waals surface area contributed by atoms with Gasteiger partial charge in [0.1, 0.15) is 18.5 Å². The molecule has 1 aliphatic rings. The average Bonchev–Trinajstić information content (AvgIpc) is 2.44. The van der Waals surface area contributed by atoms with Crippen molar-refractivity contribution >= 4 is 10.9 Å². The molecule has 1 unspecified atom stereocenters. The van der Waals surface area contributed by atoms with Crippen LogP contribution in [-0.4, -0.2) is 36.4 Å². The van der Waals surface area contributed by atoms with Gasteiger partial charge in [0.15, 0.2) is 0 Å². The number of benzene rings is 1. The number of nitrogens with zero attached hydrogens (tertiary/aromatic N) is 1. The number of hydrogen-bond donors (Lipinski definition) is 1. The third-order valence-corrected chi connectivity index (χ3v) is 3.44. The van der Waals surface area contributed by atoms with Crippen LogP contribution in [-0.2, 0) is 4.74 Å². The van der Waals surface area contributed by atoms with Gasteiger partial charge in [-0.1, -0.05) is 12.1 Å². The van der Waals surface area contributed by atoms with Crippen LogP contribution >= 0.6 is 0 Å². The van der Waals surface area contributed by atoms with Gasteiger partial charge in [0.25, 0.3) is 0 Å². The van der Waals surface area contributed by atoms with E-state index in [1.165, 1.54) is 0 Å². The summed E-state index contributed by atoms with van der Waals surface area (Å²) in [5, 5.41) is 4.42. The first kappa shape index (κ1) is 13.3. The molecule has 0 amide bonds. The van der Waals surface area contributed by atoms with Gasteiger partial charge in [0, 0.05) is 24.7 Å². The number of ether oxygens (including phenoxy) is 2. The van der Waals surface area contributed by atoms with Crippen LogP contribution in [0.4, 0.5) is 0 Å². The Labute approximate surface area is 119 Å². The number of hydrogen-bond acceptors (Lipinski definition) is 4. The van der Waals surface area contributed by atoms with Gasteiger partial charge in [-0.05, 0) is 32.0 Å². The monoisotopic (exact) mass is 272 g/mol. The predicted octanol–water partition coefficient (Wildman–Crippen LogP) is 2.38. The third-order valence-electron chi connectivity index (χ3n) is 3.44. The van der Waals surface area contributed by atoms with E-state index in [4.69, 9.17) is 9.47 Å². The first-order chi connectivity index (χ1) is 9.64. The number of pyridine rings is 1. The van der Waals surface area contributed by atoms with E-state index in [1.807, 2.05) is 30.3 Å². The van der Waals surface area contributed by atoms with Crippen LogP contribution in [0.1, 0.15) is 13.8 Å². The maximum atomic E-state index is 6.00. The molecule has 0 spiro atoms. The molecule has 2 aromatic rings. The highest BCUT2D eigenvalue weighted by atomic mass is 16.5. The first-order valence-corrected chi connectivity index (χ1v) is 6.99. The molecular weight excluding hydrogens is 252 g/mol. The summed E-state index contributed by atoms with van der Waals surface area (Å²) in [4.78, 5) is 4.34. The van der Waals surface area contributed by atoms with Crippen molar-refractivity contribution in [2.75, 3.05) is 19.7 Å². The fraction of sp³-hybridized carbons (Fsp3) is 0.438. The number of rotatable bonds is 3. The zero-order valence-corrected chi connectivity index (χ0v) is 11.9. The molecule has 4 heteroatoms. The molecule has 0 aliphatic carbocycles. The summed E-state index contributed by atoms with van der Waals surface area (Å²) in [5.74, 6) is 0.863. The molecule has 0 radical (unpaired) electrons. The molecule has 1 saturated heterocycles. The van der Waals surface area contributed by atoms with Gasteiger partial charge >= 0.3 is 0 Å². The summed E-state index contributed by atoms with van der Waals surface area (Å²) in [6.45, 7) is 6.43. The Kier molecular flexibility index (Phi) is 3.59. The Balaban J connectivity index is 1.71. The minimum Gasteiger partial charge on any atom is -0.490 e. The van der Waals surface area contributed by atoms with Gasteiger partial charge in [-0.25, -0.2) is 0 Å². The highest BCUT2D eigenvalue weighted by Crippen LogP contribution is 2.24. The van der Waals surface area contributed by atoms with Gasteiger partial charge in [-0.3, -0.25) is 4.98 Å². The van der Waals surface area contributed by atoms with Gasteiger partial charge in [0.05, 0.1) is 11.1 Å². The molecule has 2 heterocycles. The molecule has 1 atom stereocenters. The molecule has 106 valence electrons. The van der Waals surface area contributed by atoms with Gasteiger partial charge < -0.3 is 14.8 Å². The SMILES string of the molecule is CC1(C)CNCC(COc2ccnc3ccccc23)O1. The molecule has 1 aromatic carbocycles. The largest absolute Gasteiger partial charge is 0.490 e. The number of aromatic nitrogens is 1. The molecule has 4 nitrogen and oxygen atoms in total. The fourth-order valence-corrected chi connectivity index (χ4v) is 2.54. The zero-order chi connectivity index (χ0) is 14.0. The maximum Gasteiger partial charge on any atom is 0.130 e. The van der Waals surface area contributed by atoms with Gasteiger partial charge in [0.2, 0.25) is 0 Å². The van der Waals surface area contributed by atoms with E-state index in [0.29, 0.717) is 6.61 Å². The quantitative estimate of drug-likeness (QED) is 0.931. The highest BCUT2D eigenvalue weighted by molar-refractivity contribution is 5.84. The molecule has 20 heavy (non-hydrogen) atoms. The van der Waals surface area contributed by atoms with Crippen LogP contribution < -0.4 is 10.1 Å². The Hall–Kier alpha value is -1.65. The minimum absolute atomic E-state index is 0.0747. The van der Waals surface area contributed by atoms with E-state index < -0.39 is 0 Å². The Morgan fingerprint density at radius 2 is 2.20 bits per heavy atom. The lowest BCUT2D eigenvalue weighted by Gasteiger charge is -2.36. The second kappa shape index (κ2) is 5.38. The van der Waals surface area contributed by atoms with Crippen molar-refractivity contribution in [3.05, 3.63) is 36.5 Å². The summed E-state index contributed by atoms with van der Waals surface area (Å²) in [6, 6.07) is 9.91. The van der Waals surface area contributed by atoms with Crippen molar-refractivity contribution in [1.82, 2.24) is 10.3 Å². The molecule has 1 N–H and O–H groups in total. The van der Waals surface area contributed by atoms with Crippen molar-refractivity contribution in [3.63, 3.8) is 0 Å². The predicted molar refractivity (Wildman–Crippen MR) is 79.1 cm³/mol. The molecule has 0 saturated carbocycles. The lowest BCUT2D eigenvalue weighted by molar-refractivity contribution is -0.106. The smallest absolute Gasteiger partial charge is 0.130 e. The van der Waals surface area contributed by atoms with Crippen LogP contribution in [0.25, 0.3) is 10.9 Å². The Morgan fingerprint density at radius 3 is 3.05 bits per heavy atom. The van der Waals surface area contributed by atoms with Crippen LogP contribution in [0.15, 0.2) is 36.5 Å². The Bertz CT molecular complexity index is 593. The molecule has 0 bridgehead atoms.